The van der Waals surface area contributed by atoms with Gasteiger partial charge in [0.05, 0.1) is 34.3 Å². The Hall–Kier alpha value is -6.53. The normalized spacial score (nSPS) is 21.4. The fraction of sp³-hybridized carbons (Fsp3) is 0.458. The Morgan fingerprint density at radius 2 is 1.72 bits per heavy atom. The highest BCUT2D eigenvalue weighted by Crippen LogP contribution is 2.53. The van der Waals surface area contributed by atoms with Gasteiger partial charge in [0.25, 0.3) is 21.6 Å². The maximum Gasteiger partial charge on any atom is 0.293 e. The van der Waals surface area contributed by atoms with Gasteiger partial charge < -0.3 is 29.8 Å². The number of anilines is 2. The van der Waals surface area contributed by atoms with Gasteiger partial charge >= 0.3 is 0 Å². The molecule has 0 unspecified atom stereocenters. The largest absolute Gasteiger partial charge is 0.496 e. The highest BCUT2D eigenvalue weighted by atomic mass is 32.2. The Balaban J connectivity index is 0.831. The summed E-state index contributed by atoms with van der Waals surface area (Å²) in [6.45, 7) is 14.4. The van der Waals surface area contributed by atoms with E-state index in [-0.39, 0.29) is 34.4 Å². The average molecular weight is 1050 g/mol. The molecule has 4 fully saturated rings. The first-order valence-electron chi connectivity index (χ1n) is 27.0. The van der Waals surface area contributed by atoms with Gasteiger partial charge in [-0.25, -0.2) is 18.1 Å². The molecule has 1 atom stereocenters. The van der Waals surface area contributed by atoms with Gasteiger partial charge in [0, 0.05) is 87.3 Å². The van der Waals surface area contributed by atoms with Gasteiger partial charge in [0.2, 0.25) is 0 Å². The minimum absolute atomic E-state index is 0.0288. The van der Waals surface area contributed by atoms with Crippen molar-refractivity contribution in [3.8, 4) is 17.2 Å². The number of ether oxygens (including phenoxy) is 2. The molecule has 4 heterocycles. The molecule has 2 aromatic heterocycles. The summed E-state index contributed by atoms with van der Waals surface area (Å²) in [6, 6.07) is 28.9. The van der Waals surface area contributed by atoms with Gasteiger partial charge in [-0.2, -0.15) is 0 Å². The average Bonchev–Trinajstić information content (AvgIpc) is 3.89. The van der Waals surface area contributed by atoms with Crippen LogP contribution in [-0.2, 0) is 23.0 Å². The van der Waals surface area contributed by atoms with Gasteiger partial charge in [0.1, 0.15) is 28.6 Å². The van der Waals surface area contributed by atoms with E-state index in [1.807, 2.05) is 19.1 Å². The number of aliphatic hydroxyl groups is 1. The molecule has 0 bridgehead atoms. The fourth-order valence-corrected chi connectivity index (χ4v) is 13.4. The number of nitrogens with zero attached hydrogens (tertiary/aromatic N) is 5. The number of piperazine rings is 1. The lowest BCUT2D eigenvalue weighted by Gasteiger charge is -2.58. The maximum atomic E-state index is 14.1. The highest BCUT2D eigenvalue weighted by molar-refractivity contribution is 7.90. The number of pyridine rings is 1. The minimum atomic E-state index is -4.59. The molecule has 4 N–H and O–H groups in total. The van der Waals surface area contributed by atoms with Gasteiger partial charge in [-0.1, -0.05) is 57.2 Å². The van der Waals surface area contributed by atoms with E-state index in [9.17, 15) is 28.4 Å². The molecule has 1 amide bonds. The Morgan fingerprint density at radius 3 is 2.46 bits per heavy atom. The molecule has 402 valence electrons. The quantitative estimate of drug-likeness (QED) is 0.0498. The summed E-state index contributed by atoms with van der Waals surface area (Å²) >= 11 is 0. The molecule has 0 radical (unpaired) electrons. The SMILES string of the molecule is CCc1ccc(CN2CCN(C3CC4(CCN(c5ccc(C(=O)NS(=O)(=O)c6ccc(NCC7CCC(C)(O)CC7)c([N+](=O)[O-])c6)c(Oc6cnc7[nH]ccc7c6)c5)CC4)C3)[C@H](c3ccccc3C(C)C)C2)cc1OC. The molecule has 16 nitrogen and oxygen atoms in total. The van der Waals surface area contributed by atoms with Crippen molar-refractivity contribution < 1.29 is 32.7 Å². The summed E-state index contributed by atoms with van der Waals surface area (Å²) in [7, 11) is -2.83. The van der Waals surface area contributed by atoms with Crippen molar-refractivity contribution in [1.29, 1.82) is 0 Å². The van der Waals surface area contributed by atoms with Crippen molar-refractivity contribution in [2.45, 2.75) is 121 Å². The number of aromatic nitrogens is 2. The van der Waals surface area contributed by atoms with Crippen LogP contribution in [0.4, 0.5) is 17.1 Å². The molecule has 2 aliphatic carbocycles. The second-order valence-corrected chi connectivity index (χ2v) is 24.1. The number of carbonyl (C=O) groups excluding carboxylic acids is 1. The van der Waals surface area contributed by atoms with Crippen LogP contribution in [0.5, 0.6) is 17.2 Å². The van der Waals surface area contributed by atoms with Crippen LogP contribution in [0.1, 0.15) is 124 Å². The highest BCUT2D eigenvalue weighted by Gasteiger charge is 2.50. The number of aryl methyl sites for hydroxylation is 1. The first-order valence-corrected chi connectivity index (χ1v) is 28.5. The molecule has 2 aliphatic heterocycles. The van der Waals surface area contributed by atoms with Crippen LogP contribution < -0.4 is 24.4 Å². The molecule has 17 heteroatoms. The van der Waals surface area contributed by atoms with Crippen LogP contribution in [0.25, 0.3) is 11.0 Å². The van der Waals surface area contributed by atoms with E-state index < -0.39 is 37.0 Å². The van der Waals surface area contributed by atoms with Crippen LogP contribution in [-0.4, -0.2) is 102 Å². The summed E-state index contributed by atoms with van der Waals surface area (Å²) < 4.78 is 42.1. The first-order chi connectivity index (χ1) is 36.5. The van der Waals surface area contributed by atoms with Crippen molar-refractivity contribution >= 4 is 44.0 Å². The number of nitro benzene ring substituents is 1. The van der Waals surface area contributed by atoms with Crippen LogP contribution >= 0.6 is 0 Å². The number of aromatic amines is 1. The second-order valence-electron chi connectivity index (χ2n) is 22.4. The van der Waals surface area contributed by atoms with Crippen molar-refractivity contribution in [2.75, 3.05) is 56.6 Å². The molecule has 6 aromatic rings. The third-order valence-corrected chi connectivity index (χ3v) is 18.2. The molecular weight excluding hydrogens is 981 g/mol. The van der Waals surface area contributed by atoms with Crippen molar-refractivity contribution in [1.82, 2.24) is 24.5 Å². The van der Waals surface area contributed by atoms with E-state index in [0.717, 1.165) is 107 Å². The lowest BCUT2D eigenvalue weighted by atomic mass is 9.59. The van der Waals surface area contributed by atoms with Crippen molar-refractivity contribution in [3.05, 3.63) is 141 Å². The number of benzene rings is 4. The molecule has 2 saturated heterocycles. The molecule has 2 saturated carbocycles. The van der Waals surface area contributed by atoms with Gasteiger partial charge in [0.15, 0.2) is 0 Å². The van der Waals surface area contributed by atoms with Crippen LogP contribution in [0.15, 0.2) is 108 Å². The zero-order valence-corrected chi connectivity index (χ0v) is 45.2. The van der Waals surface area contributed by atoms with Crippen LogP contribution in [0.2, 0.25) is 0 Å². The Kier molecular flexibility index (Phi) is 15.2. The number of amides is 1. The number of carbonyl (C=O) groups is 1. The predicted molar refractivity (Wildman–Crippen MR) is 296 cm³/mol. The van der Waals surface area contributed by atoms with Gasteiger partial charge in [-0.05, 0) is 147 Å². The lowest BCUT2D eigenvalue weighted by Crippen LogP contribution is -2.60. The Labute approximate surface area is 446 Å². The van der Waals surface area contributed by atoms with Crippen LogP contribution in [0.3, 0.4) is 0 Å². The Bertz CT molecular complexity index is 3190. The predicted octanol–water partition coefficient (Wildman–Crippen LogP) is 10.7. The number of nitrogens with one attached hydrogen (secondary N) is 3. The molecule has 10 rings (SSSR count). The molecule has 76 heavy (non-hydrogen) atoms. The van der Waals surface area contributed by atoms with E-state index in [1.165, 1.54) is 34.4 Å². The van der Waals surface area contributed by atoms with Gasteiger partial charge in [-0.3, -0.25) is 24.7 Å². The third-order valence-electron chi connectivity index (χ3n) is 16.9. The summed E-state index contributed by atoms with van der Waals surface area (Å²) in [5.41, 5.74) is 6.08. The summed E-state index contributed by atoms with van der Waals surface area (Å²) in [5, 5.41) is 26.5. The van der Waals surface area contributed by atoms with E-state index in [2.05, 4.69) is 97.9 Å². The molecule has 1 spiro atoms. The number of H-pyrrole nitrogens is 1. The topological polar surface area (TPSA) is 196 Å². The van der Waals surface area contributed by atoms with E-state index in [1.54, 1.807) is 37.7 Å². The maximum absolute atomic E-state index is 14.1. The number of hydrogen-bond donors (Lipinski definition) is 4. The number of fused-ring (bicyclic) bond motifs is 1. The van der Waals surface area contributed by atoms with Crippen molar-refractivity contribution in [3.63, 3.8) is 0 Å². The second kappa shape index (κ2) is 21.8. The number of rotatable bonds is 17. The molecule has 4 aromatic carbocycles. The smallest absolute Gasteiger partial charge is 0.293 e. The summed E-state index contributed by atoms with van der Waals surface area (Å²) in [4.78, 5) is 40.6. The van der Waals surface area contributed by atoms with E-state index >= 15 is 0 Å². The van der Waals surface area contributed by atoms with E-state index in [0.29, 0.717) is 42.7 Å². The number of hydrogen-bond acceptors (Lipinski definition) is 13. The van der Waals surface area contributed by atoms with E-state index in [4.69, 9.17) is 9.47 Å². The zero-order valence-electron chi connectivity index (χ0n) is 44.4. The number of methoxy groups -OCH3 is 1. The summed E-state index contributed by atoms with van der Waals surface area (Å²) in [5.74, 6) is 1.12. The molecular formula is C59H72N8O8S. The first kappa shape index (κ1) is 52.9. The fourth-order valence-electron chi connectivity index (χ4n) is 12.4. The van der Waals surface area contributed by atoms with Gasteiger partial charge in [-0.15, -0.1) is 0 Å². The summed E-state index contributed by atoms with van der Waals surface area (Å²) in [6.07, 6.45) is 11.4. The zero-order chi connectivity index (χ0) is 53.4. The number of nitro groups is 1. The Morgan fingerprint density at radius 1 is 0.947 bits per heavy atom. The van der Waals surface area contributed by atoms with Crippen molar-refractivity contribution in [2.24, 2.45) is 11.3 Å². The number of piperidine rings is 1. The third kappa shape index (κ3) is 11.4. The standard InChI is InChI=1S/C59H72N8O8S/c1-6-42-12-11-41(29-54(42)74-5)37-64-27-28-66(53(38-64)49-10-8-7-9-48(49)39(2)3)45-33-59(34-45)22-25-65(26-23-59)44-13-15-50(55(31-44)75-46-30-43-19-24-60-56(43)62-36-46)57(68)63-76(72,73)47-14-16-51(52(32-47)67(70)71)61-35-40-17-20-58(4,69)21-18-40/h7-16,19,24,29-32,36,39-40,45,53,61,69H,6,17-18,20-23,25-28,33-35,37-38H2,1-5H3,(H,60,62)(H,63,68)/t40?,53-,58?/m0/s1. The number of sulfonamides is 1. The monoisotopic (exact) mass is 1050 g/mol. The molecule has 4 aliphatic rings. The minimum Gasteiger partial charge on any atom is -0.496 e. The van der Waals surface area contributed by atoms with Crippen LogP contribution in [0, 0.1) is 21.4 Å². The lowest BCUT2D eigenvalue weighted by molar-refractivity contribution is -0.384.